The lowest BCUT2D eigenvalue weighted by molar-refractivity contribution is 0.0432. The molecular weight excluding hydrogens is 402 g/mol. The van der Waals surface area contributed by atoms with Gasteiger partial charge in [0, 0.05) is 5.02 Å². The van der Waals surface area contributed by atoms with Crippen LogP contribution in [0.1, 0.15) is 39.2 Å². The Bertz CT molecular complexity index is 815. The minimum atomic E-state index is -0.988. The van der Waals surface area contributed by atoms with Gasteiger partial charge in [0.15, 0.2) is 0 Å². The Kier molecular flexibility index (Phi) is 7.92. The van der Waals surface area contributed by atoms with Crippen molar-refractivity contribution in [3.8, 4) is 0 Å². The normalized spacial score (nSPS) is 16.4. The first kappa shape index (κ1) is 22.6. The molecule has 0 saturated heterocycles. The van der Waals surface area contributed by atoms with E-state index >= 15 is 0 Å². The van der Waals surface area contributed by atoms with E-state index in [1.165, 1.54) is 0 Å². The molecule has 0 radical (unpaired) electrons. The Balaban J connectivity index is 2.42. The number of carbonyl (C=O) groups is 2. The summed E-state index contributed by atoms with van der Waals surface area (Å²) >= 11 is 5.99. The van der Waals surface area contributed by atoms with E-state index in [1.54, 1.807) is 52.0 Å². The number of hydrogen-bond donors (Lipinski definition) is 2. The van der Waals surface area contributed by atoms with Gasteiger partial charge in [0.2, 0.25) is 0 Å². The zero-order valence-electron chi connectivity index (χ0n) is 16.7. The van der Waals surface area contributed by atoms with Crippen LogP contribution < -0.4 is 5.32 Å². The van der Waals surface area contributed by atoms with Crippen molar-refractivity contribution in [2.24, 2.45) is 0 Å². The van der Waals surface area contributed by atoms with Crippen LogP contribution in [0.4, 0.5) is 9.59 Å². The Morgan fingerprint density at radius 1 is 1.07 bits per heavy atom. The third-order valence-corrected chi connectivity index (χ3v) is 4.12. The molecule has 1 heterocycles. The van der Waals surface area contributed by atoms with Gasteiger partial charge in [-0.2, -0.15) is 0 Å². The van der Waals surface area contributed by atoms with Gasteiger partial charge in [-0.15, -0.1) is 0 Å². The molecule has 1 unspecified atom stereocenters. The molecule has 1 aromatic rings. The van der Waals surface area contributed by atoms with Crippen LogP contribution >= 0.6 is 11.6 Å². The summed E-state index contributed by atoms with van der Waals surface area (Å²) in [4.78, 5) is 24.2. The SMILES string of the molecule is CC1=C(OC(=O)OCCO)C(c2ccc(Cl)cc2)C(OC(=O)OC(C)C)=C(C)N1. The molecule has 2 rings (SSSR count). The molecule has 29 heavy (non-hydrogen) atoms. The lowest BCUT2D eigenvalue weighted by Crippen LogP contribution is -2.29. The van der Waals surface area contributed by atoms with Gasteiger partial charge < -0.3 is 29.4 Å². The lowest BCUT2D eigenvalue weighted by atomic mass is 9.90. The number of carbonyl (C=O) groups excluding carboxylic acids is 2. The second-order valence-corrected chi connectivity index (χ2v) is 6.97. The predicted molar refractivity (Wildman–Crippen MR) is 105 cm³/mol. The van der Waals surface area contributed by atoms with Crippen LogP contribution in [-0.2, 0) is 18.9 Å². The molecule has 158 valence electrons. The van der Waals surface area contributed by atoms with E-state index in [0.717, 1.165) is 0 Å². The Morgan fingerprint density at radius 2 is 1.62 bits per heavy atom. The third kappa shape index (κ3) is 6.13. The maximum atomic E-state index is 12.1. The summed E-state index contributed by atoms with van der Waals surface area (Å²) in [5.74, 6) is -0.323. The van der Waals surface area contributed by atoms with E-state index in [4.69, 9.17) is 35.7 Å². The fourth-order valence-electron chi connectivity index (χ4n) is 2.74. The van der Waals surface area contributed by atoms with Crippen LogP contribution in [0.15, 0.2) is 47.2 Å². The van der Waals surface area contributed by atoms with Crippen LogP contribution in [-0.4, -0.2) is 36.7 Å². The molecule has 1 aromatic carbocycles. The molecule has 0 spiro atoms. The zero-order chi connectivity index (χ0) is 21.6. The fourth-order valence-corrected chi connectivity index (χ4v) is 2.87. The van der Waals surface area contributed by atoms with Gasteiger partial charge in [-0.05, 0) is 45.4 Å². The molecule has 0 aliphatic carbocycles. The Hall–Kier alpha value is -2.71. The van der Waals surface area contributed by atoms with Crippen molar-refractivity contribution >= 4 is 23.9 Å². The van der Waals surface area contributed by atoms with Crippen LogP contribution in [0.25, 0.3) is 0 Å². The van der Waals surface area contributed by atoms with E-state index < -0.39 is 18.2 Å². The van der Waals surface area contributed by atoms with Crippen LogP contribution in [0.3, 0.4) is 0 Å². The molecular formula is C20H24ClNO7. The highest BCUT2D eigenvalue weighted by Gasteiger charge is 2.35. The number of hydrogen-bond acceptors (Lipinski definition) is 8. The van der Waals surface area contributed by atoms with Crippen molar-refractivity contribution in [1.29, 1.82) is 0 Å². The highest BCUT2D eigenvalue weighted by atomic mass is 35.5. The summed E-state index contributed by atoms with van der Waals surface area (Å²) in [6.07, 6.45) is -2.23. The molecule has 0 saturated carbocycles. The predicted octanol–water partition coefficient (Wildman–Crippen LogP) is 4.20. The standard InChI is InChI=1S/C20H24ClNO7/c1-11(2)27-20(25)29-18-13(4)22-12(3)17(28-19(24)26-10-9-23)16(18)14-5-7-15(21)8-6-14/h5-8,11,16,22-23H,9-10H2,1-4H3. The first-order valence-corrected chi connectivity index (χ1v) is 9.38. The largest absolute Gasteiger partial charge is 0.513 e. The first-order valence-electron chi connectivity index (χ1n) is 9.00. The maximum Gasteiger partial charge on any atom is 0.513 e. The molecule has 1 aliphatic heterocycles. The summed E-state index contributed by atoms with van der Waals surface area (Å²) in [5, 5.41) is 12.4. The number of halogens is 1. The molecule has 9 heteroatoms. The van der Waals surface area contributed by atoms with Gasteiger partial charge in [-0.3, -0.25) is 0 Å². The quantitative estimate of drug-likeness (QED) is 0.653. The molecule has 0 fully saturated rings. The van der Waals surface area contributed by atoms with E-state index in [1.807, 2.05) is 0 Å². The van der Waals surface area contributed by atoms with Gasteiger partial charge in [-0.1, -0.05) is 23.7 Å². The molecule has 0 amide bonds. The molecule has 0 aromatic heterocycles. The Labute approximate surface area is 174 Å². The molecule has 0 bridgehead atoms. The number of aliphatic hydroxyl groups excluding tert-OH is 1. The molecule has 2 N–H and O–H groups in total. The molecule has 1 atom stereocenters. The first-order chi connectivity index (χ1) is 13.7. The van der Waals surface area contributed by atoms with E-state index in [0.29, 0.717) is 22.0 Å². The highest BCUT2D eigenvalue weighted by Crippen LogP contribution is 2.39. The van der Waals surface area contributed by atoms with Gasteiger partial charge in [0.05, 0.1) is 24.1 Å². The summed E-state index contributed by atoms with van der Waals surface area (Å²) < 4.78 is 20.7. The Morgan fingerprint density at radius 3 is 2.14 bits per heavy atom. The summed E-state index contributed by atoms with van der Waals surface area (Å²) in [6, 6.07) is 6.82. The van der Waals surface area contributed by atoms with Crippen LogP contribution in [0.2, 0.25) is 5.02 Å². The van der Waals surface area contributed by atoms with Gasteiger partial charge >= 0.3 is 12.3 Å². The van der Waals surface area contributed by atoms with E-state index in [-0.39, 0.29) is 30.8 Å². The van der Waals surface area contributed by atoms with Crippen molar-refractivity contribution in [1.82, 2.24) is 5.32 Å². The summed E-state index contributed by atoms with van der Waals surface area (Å²) in [7, 11) is 0. The van der Waals surface area contributed by atoms with Crippen molar-refractivity contribution in [2.75, 3.05) is 13.2 Å². The zero-order valence-corrected chi connectivity index (χ0v) is 17.4. The minimum Gasteiger partial charge on any atom is -0.432 e. The number of rotatable bonds is 6. The van der Waals surface area contributed by atoms with Crippen molar-refractivity contribution in [3.05, 3.63) is 57.8 Å². The number of ether oxygens (including phenoxy) is 4. The third-order valence-electron chi connectivity index (χ3n) is 3.87. The van der Waals surface area contributed by atoms with Crippen LogP contribution in [0.5, 0.6) is 0 Å². The second kappa shape index (κ2) is 10.2. The smallest absolute Gasteiger partial charge is 0.432 e. The summed E-state index contributed by atoms with van der Waals surface area (Å²) in [6.45, 7) is 6.31. The maximum absolute atomic E-state index is 12.1. The molecule has 1 aliphatic rings. The van der Waals surface area contributed by atoms with E-state index in [2.05, 4.69) is 5.32 Å². The number of dihydropyridines is 1. The fraction of sp³-hybridized carbons (Fsp3) is 0.400. The number of benzene rings is 1. The topological polar surface area (TPSA) is 103 Å². The number of nitrogens with one attached hydrogen (secondary N) is 1. The monoisotopic (exact) mass is 425 g/mol. The van der Waals surface area contributed by atoms with Gasteiger partial charge in [-0.25, -0.2) is 9.59 Å². The van der Waals surface area contributed by atoms with Crippen LogP contribution in [0, 0.1) is 0 Å². The van der Waals surface area contributed by atoms with Crippen molar-refractivity contribution in [3.63, 3.8) is 0 Å². The van der Waals surface area contributed by atoms with Gasteiger partial charge in [0.1, 0.15) is 24.0 Å². The minimum absolute atomic E-state index is 0.188. The average Bonchev–Trinajstić information content (AvgIpc) is 2.64. The average molecular weight is 426 g/mol. The highest BCUT2D eigenvalue weighted by molar-refractivity contribution is 6.30. The number of allylic oxidation sites excluding steroid dienone is 2. The van der Waals surface area contributed by atoms with Crippen molar-refractivity contribution < 1.29 is 33.6 Å². The molecule has 8 nitrogen and oxygen atoms in total. The van der Waals surface area contributed by atoms with E-state index in [9.17, 15) is 9.59 Å². The van der Waals surface area contributed by atoms with Crippen molar-refractivity contribution in [2.45, 2.75) is 39.7 Å². The number of aliphatic hydroxyl groups is 1. The lowest BCUT2D eigenvalue weighted by Gasteiger charge is -2.30. The second-order valence-electron chi connectivity index (χ2n) is 6.53. The van der Waals surface area contributed by atoms with Gasteiger partial charge in [0.25, 0.3) is 0 Å². The summed E-state index contributed by atoms with van der Waals surface area (Å²) in [5.41, 5.74) is 1.76.